The monoisotopic (exact) mass is 349 g/mol. The number of nitrogens with zero attached hydrogens (tertiary/aromatic N) is 1. The zero-order valence-corrected chi connectivity index (χ0v) is 15.4. The first-order valence-electron chi connectivity index (χ1n) is 9.57. The number of rotatable bonds is 5. The standard InChI is InChI=1S/C23H27NO2/c1-26-23-11-10-18(12-20(23)16-25)19-13-21-8-5-9-22(14-19)24(21)15-17-6-3-2-4-7-17/h2-4,6-7,10-13,21-22,25H,5,8-9,14-16H2,1H3. The second-order valence-electron chi connectivity index (χ2n) is 7.39. The van der Waals surface area contributed by atoms with Gasteiger partial charge in [0.1, 0.15) is 5.75 Å². The Morgan fingerprint density at radius 2 is 1.96 bits per heavy atom. The maximum absolute atomic E-state index is 9.63. The SMILES string of the molecule is COc1ccc(C2=CC3CCCC(C2)N3Cc2ccccc2)cc1CO. The fourth-order valence-electron chi connectivity index (χ4n) is 4.47. The van der Waals surface area contributed by atoms with Gasteiger partial charge in [-0.2, -0.15) is 0 Å². The van der Waals surface area contributed by atoms with Crippen molar-refractivity contribution in [1.82, 2.24) is 4.90 Å². The lowest BCUT2D eigenvalue weighted by atomic mass is 9.82. The molecule has 2 heterocycles. The van der Waals surface area contributed by atoms with Crippen molar-refractivity contribution in [2.45, 2.75) is 50.9 Å². The van der Waals surface area contributed by atoms with Crippen LogP contribution in [0.2, 0.25) is 0 Å². The van der Waals surface area contributed by atoms with Gasteiger partial charge in [0, 0.05) is 24.2 Å². The van der Waals surface area contributed by atoms with Gasteiger partial charge >= 0.3 is 0 Å². The molecule has 3 heteroatoms. The van der Waals surface area contributed by atoms with Gasteiger partial charge in [0.05, 0.1) is 13.7 Å². The van der Waals surface area contributed by atoms with Gasteiger partial charge in [-0.25, -0.2) is 0 Å². The lowest BCUT2D eigenvalue weighted by Crippen LogP contribution is -2.47. The first-order valence-corrected chi connectivity index (χ1v) is 9.57. The highest BCUT2D eigenvalue weighted by Crippen LogP contribution is 2.38. The van der Waals surface area contributed by atoms with Gasteiger partial charge in [0.25, 0.3) is 0 Å². The van der Waals surface area contributed by atoms with Crippen LogP contribution >= 0.6 is 0 Å². The number of piperidine rings is 1. The maximum Gasteiger partial charge on any atom is 0.124 e. The number of ether oxygens (including phenoxy) is 1. The molecule has 3 nitrogen and oxygen atoms in total. The second-order valence-corrected chi connectivity index (χ2v) is 7.39. The van der Waals surface area contributed by atoms with E-state index in [9.17, 15) is 5.11 Å². The van der Waals surface area contributed by atoms with Crippen LogP contribution in [0.3, 0.4) is 0 Å². The summed E-state index contributed by atoms with van der Waals surface area (Å²) in [6.07, 6.45) is 7.36. The average molecular weight is 349 g/mol. The highest BCUT2D eigenvalue weighted by atomic mass is 16.5. The first-order chi connectivity index (χ1) is 12.8. The Morgan fingerprint density at radius 3 is 2.69 bits per heavy atom. The lowest BCUT2D eigenvalue weighted by Gasteiger charge is -2.45. The fraction of sp³-hybridized carbons (Fsp3) is 0.391. The summed E-state index contributed by atoms with van der Waals surface area (Å²) in [4.78, 5) is 2.68. The Labute approximate surface area is 155 Å². The highest BCUT2D eigenvalue weighted by Gasteiger charge is 2.34. The number of methoxy groups -OCH3 is 1. The molecule has 26 heavy (non-hydrogen) atoms. The number of aliphatic hydroxyl groups is 1. The van der Waals surface area contributed by atoms with Gasteiger partial charge in [0.15, 0.2) is 0 Å². The van der Waals surface area contributed by atoms with Crippen molar-refractivity contribution in [3.05, 3.63) is 71.3 Å². The Bertz CT molecular complexity index is 784. The van der Waals surface area contributed by atoms with Crippen molar-refractivity contribution in [2.24, 2.45) is 0 Å². The summed E-state index contributed by atoms with van der Waals surface area (Å²) in [5, 5.41) is 9.63. The quantitative estimate of drug-likeness (QED) is 0.868. The van der Waals surface area contributed by atoms with Gasteiger partial charge in [-0.15, -0.1) is 0 Å². The molecule has 136 valence electrons. The second kappa shape index (κ2) is 7.65. The molecule has 2 aliphatic rings. The van der Waals surface area contributed by atoms with E-state index in [4.69, 9.17) is 4.74 Å². The molecule has 1 N–H and O–H groups in total. The molecule has 2 aromatic carbocycles. The van der Waals surface area contributed by atoms with Gasteiger partial charge in [0.2, 0.25) is 0 Å². The summed E-state index contributed by atoms with van der Waals surface area (Å²) >= 11 is 0. The number of benzene rings is 2. The van der Waals surface area contributed by atoms with Gasteiger partial charge in [-0.3, -0.25) is 4.90 Å². The zero-order chi connectivity index (χ0) is 17.9. The third kappa shape index (κ3) is 3.42. The molecular weight excluding hydrogens is 322 g/mol. The molecule has 2 bridgehead atoms. The third-order valence-electron chi connectivity index (χ3n) is 5.81. The van der Waals surface area contributed by atoms with Crippen LogP contribution in [0.5, 0.6) is 5.75 Å². The summed E-state index contributed by atoms with van der Waals surface area (Å²) in [6, 6.07) is 18.1. The van der Waals surface area contributed by atoms with Crippen LogP contribution in [-0.4, -0.2) is 29.2 Å². The Hall–Kier alpha value is -2.10. The van der Waals surface area contributed by atoms with E-state index in [-0.39, 0.29) is 6.61 Å². The van der Waals surface area contributed by atoms with Crippen LogP contribution in [0.15, 0.2) is 54.6 Å². The van der Waals surface area contributed by atoms with E-state index in [1.807, 2.05) is 6.07 Å². The summed E-state index contributed by atoms with van der Waals surface area (Å²) in [5.74, 6) is 0.763. The predicted molar refractivity (Wildman–Crippen MR) is 105 cm³/mol. The largest absolute Gasteiger partial charge is 0.496 e. The predicted octanol–water partition coefficient (Wildman–Crippen LogP) is 4.40. The normalized spacial score (nSPS) is 22.8. The molecular formula is C23H27NO2. The molecule has 0 spiro atoms. The molecule has 2 atom stereocenters. The molecule has 2 aromatic rings. The molecule has 4 rings (SSSR count). The fourth-order valence-corrected chi connectivity index (χ4v) is 4.47. The average Bonchev–Trinajstić information content (AvgIpc) is 2.68. The molecule has 0 aliphatic carbocycles. The maximum atomic E-state index is 9.63. The molecule has 0 radical (unpaired) electrons. The zero-order valence-electron chi connectivity index (χ0n) is 15.4. The molecule has 2 unspecified atom stereocenters. The van der Waals surface area contributed by atoms with E-state index in [0.717, 1.165) is 24.3 Å². The van der Waals surface area contributed by atoms with Gasteiger partial charge < -0.3 is 9.84 Å². The van der Waals surface area contributed by atoms with E-state index in [2.05, 4.69) is 53.4 Å². The molecule has 1 fully saturated rings. The lowest BCUT2D eigenvalue weighted by molar-refractivity contribution is 0.0951. The molecule has 0 saturated carbocycles. The van der Waals surface area contributed by atoms with E-state index in [1.165, 1.54) is 36.0 Å². The molecule has 0 aromatic heterocycles. The van der Waals surface area contributed by atoms with Crippen molar-refractivity contribution >= 4 is 5.57 Å². The molecule has 0 amide bonds. The summed E-state index contributed by atoms with van der Waals surface area (Å²) in [7, 11) is 1.65. The number of hydrogen-bond acceptors (Lipinski definition) is 3. The van der Waals surface area contributed by atoms with Crippen LogP contribution in [0, 0.1) is 0 Å². The van der Waals surface area contributed by atoms with E-state index >= 15 is 0 Å². The molecule has 2 aliphatic heterocycles. The van der Waals surface area contributed by atoms with E-state index in [0.29, 0.717) is 12.1 Å². The van der Waals surface area contributed by atoms with Crippen molar-refractivity contribution in [3.63, 3.8) is 0 Å². The Morgan fingerprint density at radius 1 is 1.12 bits per heavy atom. The van der Waals surface area contributed by atoms with Crippen LogP contribution in [0.4, 0.5) is 0 Å². The van der Waals surface area contributed by atoms with Crippen molar-refractivity contribution < 1.29 is 9.84 Å². The minimum atomic E-state index is 0.0112. The van der Waals surface area contributed by atoms with Crippen LogP contribution in [-0.2, 0) is 13.2 Å². The smallest absolute Gasteiger partial charge is 0.124 e. The summed E-state index contributed by atoms with van der Waals surface area (Å²) in [6.45, 7) is 1.04. The van der Waals surface area contributed by atoms with Crippen LogP contribution in [0.1, 0.15) is 42.4 Å². The Balaban J connectivity index is 1.60. The van der Waals surface area contributed by atoms with Gasteiger partial charge in [-0.1, -0.05) is 48.9 Å². The van der Waals surface area contributed by atoms with Crippen molar-refractivity contribution in [2.75, 3.05) is 7.11 Å². The van der Waals surface area contributed by atoms with Crippen LogP contribution in [0.25, 0.3) is 5.57 Å². The number of hydrogen-bond donors (Lipinski definition) is 1. The summed E-state index contributed by atoms with van der Waals surface area (Å²) in [5.41, 5.74) is 4.91. The number of fused-ring (bicyclic) bond motifs is 2. The van der Waals surface area contributed by atoms with E-state index < -0.39 is 0 Å². The molecule has 1 saturated heterocycles. The number of aliphatic hydroxyl groups excluding tert-OH is 1. The Kier molecular flexibility index (Phi) is 5.09. The summed E-state index contributed by atoms with van der Waals surface area (Å²) < 4.78 is 5.35. The van der Waals surface area contributed by atoms with E-state index in [1.54, 1.807) is 7.11 Å². The van der Waals surface area contributed by atoms with Crippen molar-refractivity contribution in [1.29, 1.82) is 0 Å². The minimum Gasteiger partial charge on any atom is -0.496 e. The first kappa shape index (κ1) is 17.3. The minimum absolute atomic E-state index is 0.0112. The van der Waals surface area contributed by atoms with Crippen LogP contribution < -0.4 is 4.74 Å². The van der Waals surface area contributed by atoms with Gasteiger partial charge in [-0.05, 0) is 48.1 Å². The highest BCUT2D eigenvalue weighted by molar-refractivity contribution is 5.69. The third-order valence-corrected chi connectivity index (χ3v) is 5.81. The van der Waals surface area contributed by atoms with Crippen molar-refractivity contribution in [3.8, 4) is 5.75 Å². The topological polar surface area (TPSA) is 32.7 Å².